The zero-order chi connectivity index (χ0) is 16.8. The summed E-state index contributed by atoms with van der Waals surface area (Å²) >= 11 is 0. The highest BCUT2D eigenvalue weighted by molar-refractivity contribution is 5.95. The molecule has 2 fully saturated rings. The van der Waals surface area contributed by atoms with Gasteiger partial charge >= 0.3 is 6.03 Å². The number of nitrogens with one attached hydrogen (secondary N) is 2. The third kappa shape index (κ3) is 4.81. The van der Waals surface area contributed by atoms with Crippen molar-refractivity contribution in [2.24, 2.45) is 0 Å². The zero-order valence-electron chi connectivity index (χ0n) is 14.2. The highest BCUT2D eigenvalue weighted by atomic mass is 16.2. The Morgan fingerprint density at radius 3 is 2.54 bits per heavy atom. The molecule has 2 N–H and O–H groups in total. The van der Waals surface area contributed by atoms with Crippen molar-refractivity contribution in [1.82, 2.24) is 15.5 Å². The van der Waals surface area contributed by atoms with Gasteiger partial charge in [-0.2, -0.15) is 0 Å². The third-order valence-electron chi connectivity index (χ3n) is 5.10. The minimum atomic E-state index is -0.342. The van der Waals surface area contributed by atoms with Crippen LogP contribution >= 0.6 is 0 Å². The molecule has 1 aromatic carbocycles. The largest absolute Gasteiger partial charge is 0.335 e. The topological polar surface area (TPSA) is 61.4 Å². The van der Waals surface area contributed by atoms with Crippen LogP contribution in [0.25, 0.3) is 0 Å². The van der Waals surface area contributed by atoms with Crippen LogP contribution in [0, 0.1) is 0 Å². The van der Waals surface area contributed by atoms with Gasteiger partial charge in [0, 0.05) is 12.6 Å². The molecule has 1 aromatic rings. The first-order valence-corrected chi connectivity index (χ1v) is 9.08. The molecule has 2 aliphatic rings. The van der Waals surface area contributed by atoms with E-state index in [4.69, 9.17) is 0 Å². The fourth-order valence-electron chi connectivity index (χ4n) is 3.81. The second-order valence-electron chi connectivity index (χ2n) is 6.99. The number of urea groups is 1. The Bertz CT molecular complexity index is 555. The molecule has 0 unspecified atom stereocenters. The molecule has 0 aromatic heterocycles. The third-order valence-corrected chi connectivity index (χ3v) is 5.10. The first-order chi connectivity index (χ1) is 11.7. The van der Waals surface area contributed by atoms with E-state index in [1.54, 1.807) is 0 Å². The fourth-order valence-corrected chi connectivity index (χ4v) is 3.81. The first kappa shape index (κ1) is 17.0. The van der Waals surface area contributed by atoms with Crippen molar-refractivity contribution in [2.45, 2.75) is 50.5 Å². The van der Waals surface area contributed by atoms with Crippen molar-refractivity contribution in [3.8, 4) is 0 Å². The number of rotatable bonds is 4. The van der Waals surface area contributed by atoms with Crippen LogP contribution in [0.1, 0.15) is 50.0 Å². The van der Waals surface area contributed by atoms with Crippen molar-refractivity contribution in [2.75, 3.05) is 19.6 Å². The van der Waals surface area contributed by atoms with Gasteiger partial charge in [-0.1, -0.05) is 49.6 Å². The number of nitrogens with zero attached hydrogens (tertiary/aromatic N) is 1. The highest BCUT2D eigenvalue weighted by Gasteiger charge is 2.25. The molecular weight excluding hydrogens is 302 g/mol. The van der Waals surface area contributed by atoms with E-state index >= 15 is 0 Å². The van der Waals surface area contributed by atoms with Gasteiger partial charge in [0.15, 0.2) is 0 Å². The summed E-state index contributed by atoms with van der Waals surface area (Å²) in [6.45, 7) is 2.07. The van der Waals surface area contributed by atoms with Crippen LogP contribution in [-0.2, 0) is 4.79 Å². The van der Waals surface area contributed by atoms with Crippen LogP contribution in [-0.4, -0.2) is 42.5 Å². The molecule has 130 valence electrons. The summed E-state index contributed by atoms with van der Waals surface area (Å²) in [5, 5.41) is 5.40. The van der Waals surface area contributed by atoms with Gasteiger partial charge in [0.1, 0.15) is 0 Å². The van der Waals surface area contributed by atoms with Crippen molar-refractivity contribution >= 4 is 11.9 Å². The van der Waals surface area contributed by atoms with Crippen LogP contribution in [0.3, 0.4) is 0 Å². The summed E-state index contributed by atoms with van der Waals surface area (Å²) in [7, 11) is 0. The average molecular weight is 329 g/mol. The molecule has 24 heavy (non-hydrogen) atoms. The highest BCUT2D eigenvalue weighted by Crippen LogP contribution is 2.26. The summed E-state index contributed by atoms with van der Waals surface area (Å²) in [4.78, 5) is 26.1. The van der Waals surface area contributed by atoms with E-state index in [2.05, 4.69) is 39.8 Å². The molecule has 5 nitrogen and oxygen atoms in total. The molecule has 0 bridgehead atoms. The van der Waals surface area contributed by atoms with Crippen LogP contribution in [0.2, 0.25) is 0 Å². The molecule has 1 heterocycles. The van der Waals surface area contributed by atoms with Crippen molar-refractivity contribution in [3.63, 3.8) is 0 Å². The smallest absolute Gasteiger partial charge is 0.321 e. The van der Waals surface area contributed by atoms with Gasteiger partial charge in [0.25, 0.3) is 0 Å². The number of hydrogen-bond acceptors (Lipinski definition) is 3. The molecule has 1 atom stereocenters. The van der Waals surface area contributed by atoms with Gasteiger partial charge in [-0.15, -0.1) is 0 Å². The Kier molecular flexibility index (Phi) is 5.86. The summed E-state index contributed by atoms with van der Waals surface area (Å²) in [6.07, 6.45) is 6.67. The molecule has 1 saturated heterocycles. The quantitative estimate of drug-likeness (QED) is 0.893. The van der Waals surface area contributed by atoms with Gasteiger partial charge in [0.05, 0.1) is 6.54 Å². The van der Waals surface area contributed by atoms with Gasteiger partial charge in [-0.25, -0.2) is 4.79 Å². The van der Waals surface area contributed by atoms with E-state index in [1.165, 1.54) is 12.0 Å². The first-order valence-electron chi connectivity index (χ1n) is 9.08. The van der Waals surface area contributed by atoms with Crippen molar-refractivity contribution in [1.29, 1.82) is 0 Å². The van der Waals surface area contributed by atoms with Gasteiger partial charge in [0.2, 0.25) is 5.91 Å². The lowest BCUT2D eigenvalue weighted by molar-refractivity contribution is -0.120. The second-order valence-corrected chi connectivity index (χ2v) is 6.99. The van der Waals surface area contributed by atoms with Crippen molar-refractivity contribution < 1.29 is 9.59 Å². The number of carbonyl (C=O) groups is 2. The molecule has 1 saturated carbocycles. The molecule has 1 aliphatic carbocycles. The molecule has 0 radical (unpaired) electrons. The number of likely N-dealkylation sites (tertiary alicyclic amines) is 1. The van der Waals surface area contributed by atoms with E-state index in [0.29, 0.717) is 12.5 Å². The van der Waals surface area contributed by atoms with E-state index in [0.717, 1.165) is 45.2 Å². The maximum atomic E-state index is 12.1. The summed E-state index contributed by atoms with van der Waals surface area (Å²) < 4.78 is 0. The number of carbonyl (C=O) groups excluding carboxylic acids is 2. The zero-order valence-corrected chi connectivity index (χ0v) is 14.2. The summed E-state index contributed by atoms with van der Waals surface area (Å²) in [5.41, 5.74) is 1.33. The summed E-state index contributed by atoms with van der Waals surface area (Å²) in [6, 6.07) is 10.3. The number of hydrogen-bond donors (Lipinski definition) is 2. The van der Waals surface area contributed by atoms with Crippen LogP contribution in [0.5, 0.6) is 0 Å². The van der Waals surface area contributed by atoms with E-state index in [-0.39, 0.29) is 18.0 Å². The molecule has 5 heteroatoms. The van der Waals surface area contributed by atoms with Gasteiger partial charge in [-0.3, -0.25) is 15.0 Å². The lowest BCUT2D eigenvalue weighted by Crippen LogP contribution is -2.47. The van der Waals surface area contributed by atoms with Crippen molar-refractivity contribution in [3.05, 3.63) is 35.9 Å². The normalized spacial score (nSPS) is 22.2. The van der Waals surface area contributed by atoms with E-state index in [9.17, 15) is 9.59 Å². The standard InChI is InChI=1S/C19H27N3O2/c23-18(21-19(24)20-17-9-5-2-6-10-17)14-22-12-11-16(13-22)15-7-3-1-4-8-15/h1,3-4,7-8,16-17H,2,5-6,9-14H2,(H2,20,21,23,24)/t16-/m1/s1. The molecule has 1 aliphatic heterocycles. The SMILES string of the molecule is O=C(CN1CC[C@@H](c2ccccc2)C1)NC(=O)NC1CCCCC1. The number of imide groups is 1. The van der Waals surface area contributed by atoms with E-state index in [1.807, 2.05) is 6.07 Å². The van der Waals surface area contributed by atoms with E-state index < -0.39 is 0 Å². The van der Waals surface area contributed by atoms with Crippen LogP contribution in [0.15, 0.2) is 30.3 Å². The second kappa shape index (κ2) is 8.29. The monoisotopic (exact) mass is 329 g/mol. The Morgan fingerprint density at radius 2 is 1.79 bits per heavy atom. The summed E-state index contributed by atoms with van der Waals surface area (Å²) in [5.74, 6) is 0.270. The lowest BCUT2D eigenvalue weighted by Gasteiger charge is -2.23. The Balaban J connectivity index is 1.40. The van der Waals surface area contributed by atoms with Crippen LogP contribution < -0.4 is 10.6 Å². The van der Waals surface area contributed by atoms with Gasteiger partial charge in [-0.05, 0) is 37.3 Å². The molecule has 0 spiro atoms. The Labute approximate surface area is 143 Å². The lowest BCUT2D eigenvalue weighted by atomic mass is 9.96. The Hall–Kier alpha value is -1.88. The van der Waals surface area contributed by atoms with Crippen LogP contribution in [0.4, 0.5) is 4.79 Å². The molecule has 3 rings (SSSR count). The molecular formula is C19H27N3O2. The minimum absolute atomic E-state index is 0.211. The predicted octanol–water partition coefficient (Wildman–Crippen LogP) is 2.63. The Morgan fingerprint density at radius 1 is 1.04 bits per heavy atom. The maximum absolute atomic E-state index is 12.1. The molecule has 3 amide bonds. The number of benzene rings is 1. The minimum Gasteiger partial charge on any atom is -0.335 e. The fraction of sp³-hybridized carbons (Fsp3) is 0.579. The average Bonchev–Trinajstić information content (AvgIpc) is 3.04. The predicted molar refractivity (Wildman–Crippen MR) is 93.8 cm³/mol. The van der Waals surface area contributed by atoms with Gasteiger partial charge < -0.3 is 5.32 Å². The number of amides is 3. The maximum Gasteiger partial charge on any atom is 0.321 e.